The smallest absolute Gasteiger partial charge is 0.0161 e. The lowest BCUT2D eigenvalue weighted by Crippen LogP contribution is -2.34. The fraction of sp³-hybridized carbons (Fsp3) is 0.500. The van der Waals surface area contributed by atoms with E-state index in [9.17, 15) is 0 Å². The molecule has 1 nitrogen and oxygen atoms in total. The Bertz CT molecular complexity index is 351. The number of rotatable bonds is 6. The van der Waals surface area contributed by atoms with Crippen molar-refractivity contribution in [1.29, 1.82) is 0 Å². The molecule has 1 unspecified atom stereocenters. The molecule has 0 bridgehead atoms. The number of nitrogens with one attached hydrogen (secondary N) is 1. The van der Waals surface area contributed by atoms with E-state index in [0.29, 0.717) is 6.04 Å². The molecule has 1 aromatic rings. The van der Waals surface area contributed by atoms with Crippen molar-refractivity contribution < 1.29 is 0 Å². The first-order valence-electron chi connectivity index (χ1n) is 6.35. The van der Waals surface area contributed by atoms with Crippen LogP contribution in [0.15, 0.2) is 42.5 Å². The number of hydrogen-bond acceptors (Lipinski definition) is 1. The standard InChI is InChI=1S/C16H25N/c1-13(2)12-17-14(3)11-16(4,5)15-9-7-6-8-10-15/h6-10,14,17H,1,11-12H2,2-5H3. The highest BCUT2D eigenvalue weighted by molar-refractivity contribution is 5.23. The molecule has 0 aliphatic rings. The average Bonchev–Trinajstić information content (AvgIpc) is 2.27. The Hall–Kier alpha value is -1.08. The molecule has 0 heterocycles. The maximum atomic E-state index is 3.92. The number of hydrogen-bond donors (Lipinski definition) is 1. The topological polar surface area (TPSA) is 12.0 Å². The van der Waals surface area contributed by atoms with E-state index in [1.807, 2.05) is 0 Å². The number of benzene rings is 1. The molecule has 0 saturated heterocycles. The van der Waals surface area contributed by atoms with Crippen molar-refractivity contribution in [2.24, 2.45) is 0 Å². The predicted molar refractivity (Wildman–Crippen MR) is 76.4 cm³/mol. The molecule has 0 radical (unpaired) electrons. The lowest BCUT2D eigenvalue weighted by atomic mass is 9.79. The second kappa shape index (κ2) is 6.02. The summed E-state index contributed by atoms with van der Waals surface area (Å²) in [7, 11) is 0. The van der Waals surface area contributed by atoms with Crippen LogP contribution in [-0.2, 0) is 5.41 Å². The van der Waals surface area contributed by atoms with Crippen molar-refractivity contribution in [1.82, 2.24) is 5.32 Å². The third kappa shape index (κ3) is 4.74. The minimum atomic E-state index is 0.211. The summed E-state index contributed by atoms with van der Waals surface area (Å²) in [4.78, 5) is 0. The Kier molecular flexibility index (Phi) is 4.95. The lowest BCUT2D eigenvalue weighted by molar-refractivity contribution is 0.396. The summed E-state index contributed by atoms with van der Waals surface area (Å²) in [6.07, 6.45) is 1.13. The summed E-state index contributed by atoms with van der Waals surface area (Å²) in [5.41, 5.74) is 2.81. The van der Waals surface area contributed by atoms with E-state index in [1.165, 1.54) is 11.1 Å². The van der Waals surface area contributed by atoms with E-state index >= 15 is 0 Å². The van der Waals surface area contributed by atoms with Gasteiger partial charge in [0.15, 0.2) is 0 Å². The van der Waals surface area contributed by atoms with Crippen molar-refractivity contribution in [3.63, 3.8) is 0 Å². The lowest BCUT2D eigenvalue weighted by Gasteiger charge is -2.29. The zero-order valence-corrected chi connectivity index (χ0v) is 11.6. The van der Waals surface area contributed by atoms with Gasteiger partial charge in [-0.15, -0.1) is 0 Å². The van der Waals surface area contributed by atoms with Gasteiger partial charge in [0, 0.05) is 12.6 Å². The first-order valence-corrected chi connectivity index (χ1v) is 6.35. The summed E-state index contributed by atoms with van der Waals surface area (Å²) in [6.45, 7) is 13.7. The maximum absolute atomic E-state index is 3.92. The first kappa shape index (κ1) is 14.0. The maximum Gasteiger partial charge on any atom is 0.0161 e. The summed E-state index contributed by atoms with van der Waals surface area (Å²) in [5.74, 6) is 0. The Morgan fingerprint density at radius 2 is 1.88 bits per heavy atom. The van der Waals surface area contributed by atoms with E-state index in [4.69, 9.17) is 0 Å². The molecule has 94 valence electrons. The van der Waals surface area contributed by atoms with Crippen molar-refractivity contribution in [3.8, 4) is 0 Å². The molecule has 0 fully saturated rings. The molecule has 0 aliphatic heterocycles. The summed E-state index contributed by atoms with van der Waals surface area (Å²) >= 11 is 0. The normalized spacial score (nSPS) is 13.4. The molecule has 0 aliphatic carbocycles. The molecule has 17 heavy (non-hydrogen) atoms. The van der Waals surface area contributed by atoms with Gasteiger partial charge in [-0.1, -0.05) is 56.3 Å². The van der Waals surface area contributed by atoms with Crippen LogP contribution in [0.1, 0.15) is 39.7 Å². The second-order valence-electron chi connectivity index (χ2n) is 5.69. The van der Waals surface area contributed by atoms with Crippen molar-refractivity contribution in [3.05, 3.63) is 48.0 Å². The molecule has 1 heteroatoms. The molecule has 1 N–H and O–H groups in total. The minimum absolute atomic E-state index is 0.211. The van der Waals surface area contributed by atoms with Gasteiger partial charge in [-0.25, -0.2) is 0 Å². The Morgan fingerprint density at radius 1 is 1.29 bits per heavy atom. The van der Waals surface area contributed by atoms with Gasteiger partial charge in [0.2, 0.25) is 0 Å². The van der Waals surface area contributed by atoms with Crippen LogP contribution in [0.4, 0.5) is 0 Å². The van der Waals surface area contributed by atoms with Crippen LogP contribution < -0.4 is 5.32 Å². The molecular formula is C16H25N. The highest BCUT2D eigenvalue weighted by atomic mass is 14.9. The monoisotopic (exact) mass is 231 g/mol. The fourth-order valence-electron chi connectivity index (χ4n) is 2.19. The van der Waals surface area contributed by atoms with Crippen LogP contribution in [0.5, 0.6) is 0 Å². The molecule has 1 atom stereocenters. The largest absolute Gasteiger partial charge is 0.311 e. The van der Waals surface area contributed by atoms with Gasteiger partial charge < -0.3 is 5.32 Å². The van der Waals surface area contributed by atoms with Crippen molar-refractivity contribution in [2.75, 3.05) is 6.54 Å². The quantitative estimate of drug-likeness (QED) is 0.732. The van der Waals surface area contributed by atoms with Gasteiger partial charge in [0.05, 0.1) is 0 Å². The van der Waals surface area contributed by atoms with Gasteiger partial charge in [-0.05, 0) is 31.2 Å². The van der Waals surface area contributed by atoms with E-state index < -0.39 is 0 Å². The Balaban J connectivity index is 2.57. The van der Waals surface area contributed by atoms with Crippen molar-refractivity contribution >= 4 is 0 Å². The van der Waals surface area contributed by atoms with Crippen LogP contribution in [-0.4, -0.2) is 12.6 Å². The third-order valence-electron chi connectivity index (χ3n) is 3.12. The molecule has 0 saturated carbocycles. The highest BCUT2D eigenvalue weighted by Gasteiger charge is 2.22. The molecule has 0 amide bonds. The second-order valence-corrected chi connectivity index (χ2v) is 5.69. The first-order chi connectivity index (χ1) is 7.92. The van der Waals surface area contributed by atoms with Crippen LogP contribution >= 0.6 is 0 Å². The zero-order chi connectivity index (χ0) is 12.9. The fourth-order valence-corrected chi connectivity index (χ4v) is 2.19. The van der Waals surface area contributed by atoms with E-state index in [-0.39, 0.29) is 5.41 Å². The molecular weight excluding hydrogens is 206 g/mol. The van der Waals surface area contributed by atoms with Crippen LogP contribution in [0, 0.1) is 0 Å². The summed E-state index contributed by atoms with van der Waals surface area (Å²) in [6, 6.07) is 11.2. The Labute approximate surface area is 106 Å². The van der Waals surface area contributed by atoms with Crippen LogP contribution in [0.2, 0.25) is 0 Å². The highest BCUT2D eigenvalue weighted by Crippen LogP contribution is 2.27. The van der Waals surface area contributed by atoms with Gasteiger partial charge in [-0.3, -0.25) is 0 Å². The molecule has 0 spiro atoms. The third-order valence-corrected chi connectivity index (χ3v) is 3.12. The van der Waals surface area contributed by atoms with Crippen LogP contribution in [0.3, 0.4) is 0 Å². The van der Waals surface area contributed by atoms with E-state index in [1.54, 1.807) is 0 Å². The molecule has 1 aromatic carbocycles. The van der Waals surface area contributed by atoms with Gasteiger partial charge in [0.1, 0.15) is 0 Å². The molecule has 1 rings (SSSR count). The van der Waals surface area contributed by atoms with Gasteiger partial charge >= 0.3 is 0 Å². The van der Waals surface area contributed by atoms with Gasteiger partial charge in [-0.2, -0.15) is 0 Å². The summed E-state index contributed by atoms with van der Waals surface area (Å²) < 4.78 is 0. The predicted octanol–water partition coefficient (Wildman–Crippen LogP) is 3.91. The summed E-state index contributed by atoms with van der Waals surface area (Å²) in [5, 5.41) is 3.51. The van der Waals surface area contributed by atoms with Gasteiger partial charge in [0.25, 0.3) is 0 Å². The minimum Gasteiger partial charge on any atom is -0.311 e. The molecule has 0 aromatic heterocycles. The SMILES string of the molecule is C=C(C)CNC(C)CC(C)(C)c1ccccc1. The van der Waals surface area contributed by atoms with E-state index in [2.05, 4.69) is 69.9 Å². The van der Waals surface area contributed by atoms with E-state index in [0.717, 1.165) is 13.0 Å². The average molecular weight is 231 g/mol. The zero-order valence-electron chi connectivity index (χ0n) is 11.6. The Morgan fingerprint density at radius 3 is 2.41 bits per heavy atom. The van der Waals surface area contributed by atoms with Crippen LogP contribution in [0.25, 0.3) is 0 Å². The van der Waals surface area contributed by atoms with Crippen molar-refractivity contribution in [2.45, 2.75) is 45.6 Å².